The summed E-state index contributed by atoms with van der Waals surface area (Å²) in [7, 11) is 0. The lowest BCUT2D eigenvalue weighted by Gasteiger charge is -2.19. The number of aromatic nitrogens is 5. The molecular weight excluding hydrogens is 412 g/mol. The van der Waals surface area contributed by atoms with Gasteiger partial charge in [0, 0.05) is 24.0 Å². The summed E-state index contributed by atoms with van der Waals surface area (Å²) in [6.45, 7) is 3.15. The lowest BCUT2D eigenvalue weighted by atomic mass is 10.0. The van der Waals surface area contributed by atoms with Gasteiger partial charge < -0.3 is 9.88 Å². The van der Waals surface area contributed by atoms with Crippen molar-refractivity contribution in [2.45, 2.75) is 32.5 Å². The molecule has 2 heterocycles. The predicted octanol–water partition coefficient (Wildman–Crippen LogP) is 4.05. The molecule has 2 aromatic heterocycles. The zero-order chi connectivity index (χ0) is 21.6. The maximum absolute atomic E-state index is 12.9. The maximum Gasteiger partial charge on any atom is 0.273 e. The third-order valence-electron chi connectivity index (χ3n) is 5.15. The quantitative estimate of drug-likeness (QED) is 0.454. The van der Waals surface area contributed by atoms with Gasteiger partial charge in [0.2, 0.25) is 0 Å². The molecule has 4 rings (SSSR count). The molecule has 31 heavy (non-hydrogen) atoms. The number of hydrogen-bond donors (Lipinski definition) is 1. The van der Waals surface area contributed by atoms with Crippen LogP contribution in [0.2, 0.25) is 5.02 Å². The molecule has 1 atom stereocenters. The molecule has 158 valence electrons. The molecule has 4 aromatic rings. The van der Waals surface area contributed by atoms with Crippen LogP contribution >= 0.6 is 11.6 Å². The van der Waals surface area contributed by atoms with Gasteiger partial charge in [-0.1, -0.05) is 65.3 Å². The van der Waals surface area contributed by atoms with E-state index in [1.165, 1.54) is 0 Å². The average molecular weight is 435 g/mol. The standard InChI is InChI=1S/C23H23ClN6O/c1-17-25-12-14-29(17)13-11-21(18-7-3-2-4-8-18)26-23(31)22-16-30(28-27-22)15-19-9-5-6-10-20(19)24/h2-10,12,14,16,21H,11,13,15H2,1H3,(H,26,31)/t21-/m0/s1. The zero-order valence-electron chi connectivity index (χ0n) is 17.1. The first-order chi connectivity index (χ1) is 15.1. The Labute approximate surface area is 185 Å². The molecule has 1 N–H and O–H groups in total. The highest BCUT2D eigenvalue weighted by molar-refractivity contribution is 6.31. The average Bonchev–Trinajstić information content (AvgIpc) is 3.42. The summed E-state index contributed by atoms with van der Waals surface area (Å²) in [5, 5.41) is 11.9. The van der Waals surface area contributed by atoms with Gasteiger partial charge in [0.1, 0.15) is 5.82 Å². The number of carbonyl (C=O) groups is 1. The molecular formula is C23H23ClN6O. The molecule has 0 spiro atoms. The Kier molecular flexibility index (Phi) is 6.43. The number of halogens is 1. The van der Waals surface area contributed by atoms with Crippen LogP contribution in [0.5, 0.6) is 0 Å². The molecule has 8 heteroatoms. The summed E-state index contributed by atoms with van der Waals surface area (Å²) >= 11 is 6.22. The van der Waals surface area contributed by atoms with E-state index in [9.17, 15) is 4.79 Å². The van der Waals surface area contributed by atoms with Crippen molar-refractivity contribution in [2.24, 2.45) is 0 Å². The number of nitrogens with one attached hydrogen (secondary N) is 1. The summed E-state index contributed by atoms with van der Waals surface area (Å²) < 4.78 is 3.68. The lowest BCUT2D eigenvalue weighted by Crippen LogP contribution is -2.29. The van der Waals surface area contributed by atoms with Crippen molar-refractivity contribution < 1.29 is 4.79 Å². The molecule has 2 aromatic carbocycles. The minimum atomic E-state index is -0.262. The van der Waals surface area contributed by atoms with Crippen LogP contribution in [0.3, 0.4) is 0 Å². The number of aryl methyl sites for hydroxylation is 2. The van der Waals surface area contributed by atoms with Crippen molar-refractivity contribution in [2.75, 3.05) is 0 Å². The smallest absolute Gasteiger partial charge is 0.273 e. The minimum Gasteiger partial charge on any atom is -0.344 e. The van der Waals surface area contributed by atoms with Gasteiger partial charge in [0.15, 0.2) is 5.69 Å². The first-order valence-electron chi connectivity index (χ1n) is 10.1. The zero-order valence-corrected chi connectivity index (χ0v) is 17.9. The summed E-state index contributed by atoms with van der Waals surface area (Å²) in [6.07, 6.45) is 6.09. The van der Waals surface area contributed by atoms with Crippen LogP contribution in [0.15, 0.2) is 73.2 Å². The second-order valence-corrected chi connectivity index (χ2v) is 7.69. The molecule has 0 saturated heterocycles. The Balaban J connectivity index is 1.46. The van der Waals surface area contributed by atoms with E-state index in [-0.39, 0.29) is 17.6 Å². The summed E-state index contributed by atoms with van der Waals surface area (Å²) in [4.78, 5) is 17.2. The summed E-state index contributed by atoms with van der Waals surface area (Å²) in [5.74, 6) is 0.683. The molecule has 0 radical (unpaired) electrons. The SMILES string of the molecule is Cc1nccn1CC[C@H](NC(=O)c1cn(Cc2ccccc2Cl)nn1)c1ccccc1. The van der Waals surface area contributed by atoms with Gasteiger partial charge in [-0.05, 0) is 30.5 Å². The van der Waals surface area contributed by atoms with E-state index in [4.69, 9.17) is 11.6 Å². The van der Waals surface area contributed by atoms with Crippen LogP contribution in [0, 0.1) is 6.92 Å². The molecule has 0 bridgehead atoms. The van der Waals surface area contributed by atoms with Crippen LogP contribution < -0.4 is 5.32 Å². The van der Waals surface area contributed by atoms with Crippen LogP contribution in [0.4, 0.5) is 0 Å². The van der Waals surface area contributed by atoms with Crippen molar-refractivity contribution in [3.63, 3.8) is 0 Å². The van der Waals surface area contributed by atoms with Gasteiger partial charge in [0.25, 0.3) is 5.91 Å². The predicted molar refractivity (Wildman–Crippen MR) is 119 cm³/mol. The second kappa shape index (κ2) is 9.57. The second-order valence-electron chi connectivity index (χ2n) is 7.29. The van der Waals surface area contributed by atoms with Crippen molar-refractivity contribution in [3.05, 3.63) is 101 Å². The number of amides is 1. The van der Waals surface area contributed by atoms with E-state index in [0.29, 0.717) is 11.6 Å². The summed E-state index contributed by atoms with van der Waals surface area (Å²) in [6, 6.07) is 17.3. The van der Waals surface area contributed by atoms with Gasteiger partial charge in [0.05, 0.1) is 18.8 Å². The van der Waals surface area contributed by atoms with Crippen molar-refractivity contribution in [1.29, 1.82) is 0 Å². The third kappa shape index (κ3) is 5.19. The maximum atomic E-state index is 12.9. The Hall–Kier alpha value is -3.45. The molecule has 7 nitrogen and oxygen atoms in total. The number of carbonyl (C=O) groups excluding carboxylic acids is 1. The van der Waals surface area contributed by atoms with E-state index in [0.717, 1.165) is 29.9 Å². The van der Waals surface area contributed by atoms with E-state index >= 15 is 0 Å². The highest BCUT2D eigenvalue weighted by Crippen LogP contribution is 2.19. The minimum absolute atomic E-state index is 0.163. The van der Waals surface area contributed by atoms with Gasteiger partial charge in [-0.3, -0.25) is 4.79 Å². The van der Waals surface area contributed by atoms with Gasteiger partial charge in [-0.15, -0.1) is 5.10 Å². The monoisotopic (exact) mass is 434 g/mol. The highest BCUT2D eigenvalue weighted by atomic mass is 35.5. The third-order valence-corrected chi connectivity index (χ3v) is 5.52. The molecule has 0 fully saturated rings. The van der Waals surface area contributed by atoms with E-state index in [1.54, 1.807) is 17.1 Å². The number of hydrogen-bond acceptors (Lipinski definition) is 4. The highest BCUT2D eigenvalue weighted by Gasteiger charge is 2.18. The fourth-order valence-electron chi connectivity index (χ4n) is 3.43. The van der Waals surface area contributed by atoms with Crippen molar-refractivity contribution >= 4 is 17.5 Å². The first kappa shape index (κ1) is 20.8. The van der Waals surface area contributed by atoms with Crippen molar-refractivity contribution in [3.8, 4) is 0 Å². The van der Waals surface area contributed by atoms with Crippen LogP contribution in [-0.2, 0) is 13.1 Å². The van der Waals surface area contributed by atoms with Gasteiger partial charge in [-0.25, -0.2) is 9.67 Å². The fourth-order valence-corrected chi connectivity index (χ4v) is 3.62. The normalized spacial score (nSPS) is 11.9. The molecule has 0 aliphatic carbocycles. The number of benzene rings is 2. The molecule has 0 aliphatic rings. The molecule has 0 saturated carbocycles. The molecule has 0 unspecified atom stereocenters. The first-order valence-corrected chi connectivity index (χ1v) is 10.4. The van der Waals surface area contributed by atoms with E-state index < -0.39 is 0 Å². The van der Waals surface area contributed by atoms with E-state index in [1.807, 2.05) is 67.7 Å². The molecule has 1 amide bonds. The number of nitrogens with zero attached hydrogens (tertiary/aromatic N) is 5. The Morgan fingerprint density at radius 3 is 2.65 bits per heavy atom. The van der Waals surface area contributed by atoms with Crippen LogP contribution in [0.1, 0.15) is 39.9 Å². The van der Waals surface area contributed by atoms with E-state index in [2.05, 4.69) is 25.2 Å². The van der Waals surface area contributed by atoms with Crippen molar-refractivity contribution in [1.82, 2.24) is 29.9 Å². The van der Waals surface area contributed by atoms with Gasteiger partial charge >= 0.3 is 0 Å². The van der Waals surface area contributed by atoms with Gasteiger partial charge in [-0.2, -0.15) is 0 Å². The topological polar surface area (TPSA) is 77.6 Å². The Bertz CT molecular complexity index is 1150. The molecule has 0 aliphatic heterocycles. The fraction of sp³-hybridized carbons (Fsp3) is 0.217. The largest absolute Gasteiger partial charge is 0.344 e. The number of rotatable bonds is 8. The van der Waals surface area contributed by atoms with Crippen LogP contribution in [0.25, 0.3) is 0 Å². The lowest BCUT2D eigenvalue weighted by molar-refractivity contribution is 0.0928. The van der Waals surface area contributed by atoms with Crippen LogP contribution in [-0.4, -0.2) is 30.5 Å². The Morgan fingerprint density at radius 1 is 1.13 bits per heavy atom. The number of imidazole rings is 1. The summed E-state index contributed by atoms with van der Waals surface area (Å²) in [5.41, 5.74) is 2.22. The Morgan fingerprint density at radius 2 is 1.90 bits per heavy atom.